The lowest BCUT2D eigenvalue weighted by Gasteiger charge is -2.50. The Labute approximate surface area is 137 Å². The van der Waals surface area contributed by atoms with Gasteiger partial charge in [0.15, 0.2) is 0 Å². The standard InChI is InChI=1S/C10H12N4O11/c15-8-6-3-1-2-4-7(6)11(9(8)16)5-10(12(17,18)19,13(20,21)22)14(23,24)25/h1-4,17-18,20-21,23-24H,5H2. The number of rotatable bonds is 5. The Bertz CT molecular complexity index is 681. The number of carbonyl (C=O) groups excluding carboxylic acids is 2. The maximum Gasteiger partial charge on any atom is 0.550 e. The number of hydrogen-bond donors (Lipinski definition) is 6. The number of hydroxylamine groups is 9. The third kappa shape index (κ3) is 2.67. The van der Waals surface area contributed by atoms with Crippen molar-refractivity contribution in [2.75, 3.05) is 11.4 Å². The van der Waals surface area contributed by atoms with E-state index >= 15 is 0 Å². The lowest BCUT2D eigenvalue weighted by Crippen LogP contribution is -2.85. The zero-order chi connectivity index (χ0) is 19.4. The Morgan fingerprint density at radius 1 is 0.880 bits per heavy atom. The molecule has 1 aliphatic heterocycles. The molecule has 0 aliphatic carbocycles. The molecule has 0 spiro atoms. The quantitative estimate of drug-likeness (QED) is 0.163. The largest absolute Gasteiger partial charge is 0.554 e. The summed E-state index contributed by atoms with van der Waals surface area (Å²) in [6, 6.07) is 4.79. The Kier molecular flexibility index (Phi) is 4.18. The van der Waals surface area contributed by atoms with Crippen LogP contribution in [-0.4, -0.2) is 70.2 Å². The molecule has 15 heteroatoms. The Morgan fingerprint density at radius 2 is 1.32 bits per heavy atom. The van der Waals surface area contributed by atoms with Crippen LogP contribution in [0.1, 0.15) is 10.4 Å². The number of nitrogens with zero attached hydrogens (tertiary/aromatic N) is 4. The lowest BCUT2D eigenvalue weighted by atomic mass is 10.1. The summed E-state index contributed by atoms with van der Waals surface area (Å²) in [5, 5.41) is 89.0. The number of para-hydroxylation sites is 1. The van der Waals surface area contributed by atoms with Gasteiger partial charge in [-0.1, -0.05) is 12.1 Å². The van der Waals surface area contributed by atoms with Gasteiger partial charge in [-0.25, -0.2) is 0 Å². The van der Waals surface area contributed by atoms with Crippen molar-refractivity contribution < 1.29 is 55.8 Å². The van der Waals surface area contributed by atoms with Crippen molar-refractivity contribution in [2.45, 2.75) is 5.79 Å². The summed E-state index contributed by atoms with van der Waals surface area (Å²) < 4.78 is 0. The first-order valence-corrected chi connectivity index (χ1v) is 6.27. The van der Waals surface area contributed by atoms with Crippen LogP contribution in [0.2, 0.25) is 0 Å². The predicted octanol–water partition coefficient (Wildman–Crippen LogP) is -0.851. The lowest BCUT2D eigenvalue weighted by molar-refractivity contribution is -1.54. The van der Waals surface area contributed by atoms with Gasteiger partial charge in [0.05, 0.1) is 11.3 Å². The fourth-order valence-corrected chi connectivity index (χ4v) is 2.40. The molecule has 0 saturated heterocycles. The monoisotopic (exact) mass is 364 g/mol. The van der Waals surface area contributed by atoms with Gasteiger partial charge in [-0.15, -0.1) is 0 Å². The van der Waals surface area contributed by atoms with E-state index in [1.165, 1.54) is 12.1 Å². The number of ketones is 1. The minimum Gasteiger partial charge on any atom is -0.554 e. The highest BCUT2D eigenvalue weighted by molar-refractivity contribution is 6.52. The van der Waals surface area contributed by atoms with Crippen molar-refractivity contribution in [1.82, 2.24) is 0 Å². The van der Waals surface area contributed by atoms with Crippen LogP contribution in [0.3, 0.4) is 0 Å². The predicted molar refractivity (Wildman–Crippen MR) is 67.5 cm³/mol. The number of anilines is 1. The molecule has 0 aromatic heterocycles. The zero-order valence-corrected chi connectivity index (χ0v) is 12.0. The zero-order valence-electron chi connectivity index (χ0n) is 12.0. The van der Waals surface area contributed by atoms with Crippen molar-refractivity contribution in [1.29, 1.82) is 0 Å². The summed E-state index contributed by atoms with van der Waals surface area (Å²) in [7, 11) is 0. The molecule has 1 aliphatic rings. The van der Waals surface area contributed by atoms with Gasteiger partial charge in [-0.3, -0.25) is 14.5 Å². The molecule has 0 fully saturated rings. The van der Waals surface area contributed by atoms with Crippen LogP contribution in [-0.2, 0) is 4.79 Å². The number of hydrogen-bond acceptors (Lipinski definition) is 11. The maximum absolute atomic E-state index is 12.0. The minimum absolute atomic E-state index is 0.115. The van der Waals surface area contributed by atoms with E-state index in [1.807, 2.05) is 0 Å². The molecule has 0 bridgehead atoms. The molecule has 0 radical (unpaired) electrons. The van der Waals surface area contributed by atoms with Crippen LogP contribution in [0, 0.1) is 15.6 Å². The van der Waals surface area contributed by atoms with E-state index in [4.69, 9.17) is 31.2 Å². The minimum atomic E-state index is -4.73. The van der Waals surface area contributed by atoms with Gasteiger partial charge < -0.3 is 15.6 Å². The third-order valence-corrected chi connectivity index (χ3v) is 3.65. The summed E-state index contributed by atoms with van der Waals surface area (Å²) in [5.74, 6) is -7.45. The van der Waals surface area contributed by atoms with Gasteiger partial charge in [-0.2, -0.15) is 31.2 Å². The Hall–Kier alpha value is -2.12. The second-order valence-electron chi connectivity index (χ2n) is 5.14. The van der Waals surface area contributed by atoms with E-state index in [9.17, 15) is 25.2 Å². The van der Waals surface area contributed by atoms with Crippen LogP contribution in [0.4, 0.5) is 5.69 Å². The highest BCUT2D eigenvalue weighted by atomic mass is 17.2. The van der Waals surface area contributed by atoms with Crippen LogP contribution in [0.15, 0.2) is 24.3 Å². The molecule has 2 rings (SSSR count). The number of benzene rings is 1. The maximum atomic E-state index is 12.0. The highest BCUT2D eigenvalue weighted by Crippen LogP contribution is 2.38. The van der Waals surface area contributed by atoms with Gasteiger partial charge in [0.2, 0.25) is 6.54 Å². The number of fused-ring (bicyclic) bond motifs is 1. The van der Waals surface area contributed by atoms with Gasteiger partial charge in [0.1, 0.15) is 0 Å². The fraction of sp³-hybridized carbons (Fsp3) is 0.200. The molecular formula is C10H12N4O11. The summed E-state index contributed by atoms with van der Waals surface area (Å²) in [5.41, 5.74) is -0.654. The average Bonchev–Trinajstić information content (AvgIpc) is 2.65. The van der Waals surface area contributed by atoms with E-state index in [0.29, 0.717) is 0 Å². The van der Waals surface area contributed by atoms with Gasteiger partial charge in [-0.05, 0) is 12.1 Å². The smallest absolute Gasteiger partial charge is 0.550 e. The summed E-state index contributed by atoms with van der Waals surface area (Å²) >= 11 is 0. The molecule has 15 nitrogen and oxygen atoms in total. The molecule has 138 valence electrons. The normalized spacial score (nSPS) is 16.4. The van der Waals surface area contributed by atoms with E-state index in [2.05, 4.69) is 0 Å². The van der Waals surface area contributed by atoms with Crippen molar-refractivity contribution in [3.63, 3.8) is 0 Å². The third-order valence-electron chi connectivity index (χ3n) is 3.65. The van der Waals surface area contributed by atoms with Gasteiger partial charge in [0, 0.05) is 14.9 Å². The second kappa shape index (κ2) is 5.44. The molecule has 1 amide bonds. The highest BCUT2D eigenvalue weighted by Gasteiger charge is 2.78. The Morgan fingerprint density at radius 3 is 1.76 bits per heavy atom. The van der Waals surface area contributed by atoms with Crippen molar-refractivity contribution >= 4 is 17.4 Å². The summed E-state index contributed by atoms with van der Waals surface area (Å²) in [6.45, 7) is -1.99. The number of quaternary nitrogens is 3. The SMILES string of the molecule is O=C1C(=O)N(CC([N+]([O-])(O)O)([N+]([O-])(O)O)[N+]([O-])(O)O)c2ccccc21. The van der Waals surface area contributed by atoms with Crippen LogP contribution in [0.5, 0.6) is 0 Å². The molecule has 1 aromatic rings. The van der Waals surface area contributed by atoms with Crippen LogP contribution < -0.4 is 4.90 Å². The number of carbonyl (C=O) groups is 2. The molecule has 0 saturated carbocycles. The fourth-order valence-electron chi connectivity index (χ4n) is 2.40. The van der Waals surface area contributed by atoms with Crippen molar-refractivity contribution in [3.8, 4) is 0 Å². The van der Waals surface area contributed by atoms with Crippen molar-refractivity contribution in [2.24, 2.45) is 0 Å². The second-order valence-corrected chi connectivity index (χ2v) is 5.14. The van der Waals surface area contributed by atoms with E-state index < -0.39 is 38.9 Å². The van der Waals surface area contributed by atoms with E-state index in [1.54, 1.807) is 0 Å². The average molecular weight is 364 g/mol. The van der Waals surface area contributed by atoms with E-state index in [0.717, 1.165) is 12.1 Å². The summed E-state index contributed by atoms with van der Waals surface area (Å²) in [6.07, 6.45) is 0. The topological polar surface area (TPSA) is 228 Å². The first-order chi connectivity index (χ1) is 11.1. The van der Waals surface area contributed by atoms with Gasteiger partial charge >= 0.3 is 5.79 Å². The van der Waals surface area contributed by atoms with Gasteiger partial charge in [0.25, 0.3) is 11.7 Å². The molecular weight excluding hydrogens is 352 g/mol. The van der Waals surface area contributed by atoms with Crippen LogP contribution in [0.25, 0.3) is 0 Å². The molecule has 0 atom stereocenters. The molecule has 1 heterocycles. The van der Waals surface area contributed by atoms with Crippen molar-refractivity contribution in [3.05, 3.63) is 45.5 Å². The molecule has 0 unspecified atom stereocenters. The number of amides is 1. The molecule has 25 heavy (non-hydrogen) atoms. The van der Waals surface area contributed by atoms with Crippen LogP contribution >= 0.6 is 0 Å². The first-order valence-electron chi connectivity index (χ1n) is 6.27. The summed E-state index contributed by atoms with van der Waals surface area (Å²) in [4.78, 5) is 11.2. The molecule has 1 aromatic carbocycles. The van der Waals surface area contributed by atoms with E-state index in [-0.39, 0.29) is 16.2 Å². The first kappa shape index (κ1) is 19.2. The molecule has 6 N–H and O–H groups in total. The number of Topliss-reactive ketones (excluding diaryl/α,β-unsaturated/α-hetero) is 1. The Balaban J connectivity index is 2.67.